The van der Waals surface area contributed by atoms with Gasteiger partial charge in [-0.1, -0.05) is 6.92 Å². The van der Waals surface area contributed by atoms with Gasteiger partial charge in [-0.2, -0.15) is 13.2 Å². The summed E-state index contributed by atoms with van der Waals surface area (Å²) in [6.07, 6.45) is -3.71. The van der Waals surface area contributed by atoms with Gasteiger partial charge in [0.2, 0.25) is 0 Å². The molecule has 0 saturated heterocycles. The molecule has 0 aliphatic rings. The number of ether oxygens (including phenoxy) is 1. The van der Waals surface area contributed by atoms with Crippen LogP contribution in [0, 0.1) is 10.1 Å². The van der Waals surface area contributed by atoms with E-state index in [0.717, 1.165) is 12.5 Å². The van der Waals surface area contributed by atoms with Gasteiger partial charge in [0.05, 0.1) is 11.0 Å². The van der Waals surface area contributed by atoms with Crippen molar-refractivity contribution in [1.82, 2.24) is 0 Å². The molecule has 1 N–H and O–H groups in total. The van der Waals surface area contributed by atoms with E-state index in [-0.39, 0.29) is 11.4 Å². The Labute approximate surface area is 107 Å². The molecule has 0 saturated carbocycles. The summed E-state index contributed by atoms with van der Waals surface area (Å²) in [5.41, 5.74) is 0.0338. The number of alkyl halides is 3. The molecule has 1 rings (SSSR count). The lowest BCUT2D eigenvalue weighted by Crippen LogP contribution is -2.19. The molecule has 106 valence electrons. The van der Waals surface area contributed by atoms with Gasteiger partial charge in [0.15, 0.2) is 6.61 Å². The fourth-order valence-electron chi connectivity index (χ4n) is 1.31. The third kappa shape index (κ3) is 5.45. The number of hydrogen-bond donors (Lipinski definition) is 1. The fraction of sp³-hybridized carbons (Fsp3) is 0.455. The van der Waals surface area contributed by atoms with Crippen molar-refractivity contribution in [3.05, 3.63) is 28.3 Å². The lowest BCUT2D eigenvalue weighted by Gasteiger charge is -2.11. The molecule has 0 atom stereocenters. The van der Waals surface area contributed by atoms with Crippen LogP contribution < -0.4 is 10.1 Å². The van der Waals surface area contributed by atoms with E-state index in [1.807, 2.05) is 6.92 Å². The van der Waals surface area contributed by atoms with E-state index >= 15 is 0 Å². The van der Waals surface area contributed by atoms with Crippen LogP contribution >= 0.6 is 0 Å². The van der Waals surface area contributed by atoms with E-state index < -0.39 is 17.7 Å². The topological polar surface area (TPSA) is 64.4 Å². The molecular weight excluding hydrogens is 265 g/mol. The monoisotopic (exact) mass is 278 g/mol. The van der Waals surface area contributed by atoms with Crippen LogP contribution in [0.1, 0.15) is 13.3 Å². The Morgan fingerprint density at radius 2 is 2.05 bits per heavy atom. The second kappa shape index (κ2) is 6.26. The molecule has 0 amide bonds. The average Bonchev–Trinajstić information content (AvgIpc) is 2.32. The predicted octanol–water partition coefficient (Wildman–Crippen LogP) is 3.36. The lowest BCUT2D eigenvalue weighted by atomic mass is 10.2. The van der Waals surface area contributed by atoms with Crippen molar-refractivity contribution in [1.29, 1.82) is 0 Å². The third-order valence-corrected chi connectivity index (χ3v) is 2.08. The Morgan fingerprint density at radius 1 is 1.37 bits per heavy atom. The van der Waals surface area contributed by atoms with Crippen molar-refractivity contribution in [2.75, 3.05) is 18.5 Å². The van der Waals surface area contributed by atoms with E-state index in [1.54, 1.807) is 0 Å². The van der Waals surface area contributed by atoms with Gasteiger partial charge in [-0.15, -0.1) is 0 Å². The number of hydrogen-bond acceptors (Lipinski definition) is 4. The number of benzene rings is 1. The van der Waals surface area contributed by atoms with Gasteiger partial charge in [0.1, 0.15) is 5.75 Å². The maximum atomic E-state index is 12.0. The van der Waals surface area contributed by atoms with Crippen LogP contribution in [0.5, 0.6) is 5.75 Å². The molecule has 0 unspecified atom stereocenters. The number of rotatable bonds is 6. The summed E-state index contributed by atoms with van der Waals surface area (Å²) in [5.74, 6) is -0.190. The Hall–Kier alpha value is -1.99. The van der Waals surface area contributed by atoms with Crippen molar-refractivity contribution >= 4 is 11.4 Å². The van der Waals surface area contributed by atoms with Crippen LogP contribution in [0.2, 0.25) is 0 Å². The molecule has 1 aromatic rings. The van der Waals surface area contributed by atoms with Crippen molar-refractivity contribution in [2.45, 2.75) is 19.5 Å². The molecule has 0 heterocycles. The van der Waals surface area contributed by atoms with Crippen molar-refractivity contribution < 1.29 is 22.8 Å². The average molecular weight is 278 g/mol. The Morgan fingerprint density at radius 3 is 2.58 bits per heavy atom. The second-order valence-corrected chi connectivity index (χ2v) is 3.80. The van der Waals surface area contributed by atoms with Gasteiger partial charge in [0, 0.05) is 24.4 Å². The van der Waals surface area contributed by atoms with Crippen LogP contribution in [0.25, 0.3) is 0 Å². The normalized spacial score (nSPS) is 11.2. The maximum Gasteiger partial charge on any atom is 0.422 e. The highest BCUT2D eigenvalue weighted by molar-refractivity contribution is 5.56. The lowest BCUT2D eigenvalue weighted by molar-refractivity contribution is -0.384. The summed E-state index contributed by atoms with van der Waals surface area (Å²) < 4.78 is 40.6. The molecule has 1 aromatic carbocycles. The van der Waals surface area contributed by atoms with Crippen molar-refractivity contribution in [3.63, 3.8) is 0 Å². The number of non-ortho nitro benzene ring substituents is 1. The summed E-state index contributed by atoms with van der Waals surface area (Å²) in [7, 11) is 0. The number of nitrogens with one attached hydrogen (secondary N) is 1. The molecule has 0 aromatic heterocycles. The molecule has 19 heavy (non-hydrogen) atoms. The first-order valence-electron chi connectivity index (χ1n) is 5.54. The molecule has 0 aliphatic heterocycles. The van der Waals surface area contributed by atoms with Gasteiger partial charge >= 0.3 is 6.18 Å². The van der Waals surface area contributed by atoms with E-state index in [1.165, 1.54) is 12.1 Å². The number of nitro benzene ring substituents is 1. The van der Waals surface area contributed by atoms with Gasteiger partial charge in [-0.05, 0) is 6.42 Å². The minimum Gasteiger partial charge on any atom is -0.484 e. The van der Waals surface area contributed by atoms with Gasteiger partial charge in [-0.3, -0.25) is 10.1 Å². The van der Waals surface area contributed by atoms with Gasteiger partial charge < -0.3 is 10.1 Å². The number of nitrogens with zero attached hydrogens (tertiary/aromatic N) is 1. The Bertz CT molecular complexity index is 449. The second-order valence-electron chi connectivity index (χ2n) is 3.80. The predicted molar refractivity (Wildman–Crippen MR) is 63.4 cm³/mol. The molecular formula is C11H13F3N2O3. The molecule has 0 radical (unpaired) electrons. The van der Waals surface area contributed by atoms with Gasteiger partial charge in [0.25, 0.3) is 5.69 Å². The van der Waals surface area contributed by atoms with Crippen molar-refractivity contribution in [2.24, 2.45) is 0 Å². The van der Waals surface area contributed by atoms with Crippen LogP contribution in [-0.4, -0.2) is 24.3 Å². The number of halogens is 3. The zero-order valence-corrected chi connectivity index (χ0v) is 10.2. The highest BCUT2D eigenvalue weighted by Gasteiger charge is 2.28. The first-order chi connectivity index (χ1) is 8.81. The Kier molecular flexibility index (Phi) is 4.96. The summed E-state index contributed by atoms with van der Waals surface area (Å²) in [6, 6.07) is 3.51. The van der Waals surface area contributed by atoms with E-state index in [4.69, 9.17) is 0 Å². The molecule has 0 aliphatic carbocycles. The smallest absolute Gasteiger partial charge is 0.422 e. The van der Waals surface area contributed by atoms with Gasteiger partial charge in [-0.25, -0.2) is 0 Å². The van der Waals surface area contributed by atoms with E-state index in [9.17, 15) is 23.3 Å². The third-order valence-electron chi connectivity index (χ3n) is 2.08. The first kappa shape index (κ1) is 15.1. The van der Waals surface area contributed by atoms with Crippen LogP contribution in [-0.2, 0) is 0 Å². The van der Waals surface area contributed by atoms with Crippen LogP contribution in [0.15, 0.2) is 18.2 Å². The zero-order valence-electron chi connectivity index (χ0n) is 10.2. The maximum absolute atomic E-state index is 12.0. The van der Waals surface area contributed by atoms with Crippen LogP contribution in [0.3, 0.4) is 0 Å². The van der Waals surface area contributed by atoms with Crippen molar-refractivity contribution in [3.8, 4) is 5.75 Å². The molecule has 8 heteroatoms. The van der Waals surface area contributed by atoms with E-state index in [0.29, 0.717) is 12.2 Å². The van der Waals surface area contributed by atoms with Crippen LogP contribution in [0.4, 0.5) is 24.5 Å². The number of anilines is 1. The fourth-order valence-corrected chi connectivity index (χ4v) is 1.31. The molecule has 0 fully saturated rings. The highest BCUT2D eigenvalue weighted by Crippen LogP contribution is 2.27. The minimum absolute atomic E-state index is 0.190. The molecule has 0 spiro atoms. The van der Waals surface area contributed by atoms with E-state index in [2.05, 4.69) is 10.1 Å². The molecule has 0 bridgehead atoms. The SMILES string of the molecule is CCCNc1cc(OCC(F)(F)F)cc([N+](=O)[O-])c1. The first-order valence-corrected chi connectivity index (χ1v) is 5.54. The zero-order chi connectivity index (χ0) is 14.5. The Balaban J connectivity index is 2.89. The summed E-state index contributed by atoms with van der Waals surface area (Å²) in [6.45, 7) is 0.965. The number of nitro groups is 1. The quantitative estimate of drug-likeness (QED) is 0.640. The minimum atomic E-state index is -4.48. The summed E-state index contributed by atoms with van der Waals surface area (Å²) >= 11 is 0. The standard InChI is InChI=1S/C11H13F3N2O3/c1-2-3-15-8-4-9(16(17)18)6-10(5-8)19-7-11(12,13)14/h4-6,15H,2-3,7H2,1H3. The largest absolute Gasteiger partial charge is 0.484 e. The molecule has 5 nitrogen and oxygen atoms in total. The summed E-state index contributed by atoms with van der Waals surface area (Å²) in [5, 5.41) is 13.5. The highest BCUT2D eigenvalue weighted by atomic mass is 19.4. The summed E-state index contributed by atoms with van der Waals surface area (Å²) in [4.78, 5) is 10.00.